The van der Waals surface area contributed by atoms with Crippen molar-refractivity contribution in [2.24, 2.45) is 0 Å². The number of ether oxygens (including phenoxy) is 1. The van der Waals surface area contributed by atoms with Crippen molar-refractivity contribution in [2.75, 3.05) is 13.2 Å². The first-order valence-electron chi connectivity index (χ1n) is 10.2. The van der Waals surface area contributed by atoms with Crippen LogP contribution in [0.4, 0.5) is 0 Å². The molecule has 0 saturated carbocycles. The van der Waals surface area contributed by atoms with Crippen LogP contribution in [0.5, 0.6) is 0 Å². The molecular weight excluding hydrogens is 378 g/mol. The van der Waals surface area contributed by atoms with Crippen molar-refractivity contribution in [1.29, 1.82) is 0 Å². The van der Waals surface area contributed by atoms with Gasteiger partial charge in [0, 0.05) is 23.9 Å². The van der Waals surface area contributed by atoms with Crippen molar-refractivity contribution < 1.29 is 9.84 Å². The lowest BCUT2D eigenvalue weighted by Gasteiger charge is -2.29. The molecule has 2 aromatic heterocycles. The van der Waals surface area contributed by atoms with E-state index in [1.54, 1.807) is 17.1 Å². The summed E-state index contributed by atoms with van der Waals surface area (Å²) >= 11 is 0. The van der Waals surface area contributed by atoms with E-state index in [-0.39, 0.29) is 18.2 Å². The van der Waals surface area contributed by atoms with Gasteiger partial charge in [0.25, 0.3) is 5.56 Å². The summed E-state index contributed by atoms with van der Waals surface area (Å²) in [5, 5.41) is 13.0. The molecule has 0 spiro atoms. The summed E-state index contributed by atoms with van der Waals surface area (Å²) < 4.78 is 6.90. The minimum absolute atomic E-state index is 0.124. The van der Waals surface area contributed by atoms with Crippen molar-refractivity contribution in [2.45, 2.75) is 31.9 Å². The molecule has 0 amide bonds. The lowest BCUT2D eigenvalue weighted by molar-refractivity contribution is -0.0395. The van der Waals surface area contributed by atoms with Crippen molar-refractivity contribution in [3.8, 4) is 0 Å². The van der Waals surface area contributed by atoms with Crippen LogP contribution in [0, 0.1) is 6.92 Å². The number of aryl methyl sites for hydroxylation is 1. The van der Waals surface area contributed by atoms with Crippen LogP contribution in [0.2, 0.25) is 0 Å². The lowest BCUT2D eigenvalue weighted by atomic mass is 9.95. The Morgan fingerprint density at radius 3 is 2.73 bits per heavy atom. The van der Waals surface area contributed by atoms with Crippen LogP contribution in [0.25, 0.3) is 21.7 Å². The second-order valence-electron chi connectivity index (χ2n) is 7.86. The Balaban J connectivity index is 1.72. The maximum Gasteiger partial charge on any atom is 0.261 e. The van der Waals surface area contributed by atoms with Gasteiger partial charge in [0.15, 0.2) is 0 Å². The number of aromatic nitrogens is 3. The normalized spacial score (nSPS) is 19.4. The van der Waals surface area contributed by atoms with Crippen LogP contribution in [0.1, 0.15) is 29.3 Å². The fourth-order valence-electron chi connectivity index (χ4n) is 4.38. The summed E-state index contributed by atoms with van der Waals surface area (Å²) in [6.45, 7) is 2.76. The number of nitrogens with zero attached hydrogens (tertiary/aromatic N) is 3. The molecule has 1 aliphatic rings. The number of aliphatic hydroxyl groups is 1. The van der Waals surface area contributed by atoms with E-state index in [4.69, 9.17) is 4.74 Å². The van der Waals surface area contributed by atoms with E-state index in [2.05, 4.69) is 22.1 Å². The Labute approximate surface area is 173 Å². The highest BCUT2D eigenvalue weighted by Gasteiger charge is 2.27. The topological polar surface area (TPSA) is 77.2 Å². The van der Waals surface area contributed by atoms with Crippen LogP contribution in [0.3, 0.4) is 0 Å². The summed E-state index contributed by atoms with van der Waals surface area (Å²) in [6.07, 6.45) is 3.92. The molecule has 152 valence electrons. The van der Waals surface area contributed by atoms with Gasteiger partial charge in [-0.3, -0.25) is 14.3 Å². The van der Waals surface area contributed by atoms with Gasteiger partial charge in [0.05, 0.1) is 36.0 Å². The first-order valence-corrected chi connectivity index (χ1v) is 10.2. The van der Waals surface area contributed by atoms with E-state index in [0.717, 1.165) is 27.6 Å². The second-order valence-corrected chi connectivity index (χ2v) is 7.86. The quantitative estimate of drug-likeness (QED) is 0.534. The minimum Gasteiger partial charge on any atom is -0.389 e. The Kier molecular flexibility index (Phi) is 4.81. The van der Waals surface area contributed by atoms with Gasteiger partial charge in [0.2, 0.25) is 0 Å². The third kappa shape index (κ3) is 3.18. The molecule has 2 aromatic carbocycles. The van der Waals surface area contributed by atoms with Crippen molar-refractivity contribution in [3.05, 3.63) is 82.2 Å². The fraction of sp³-hybridized carbons (Fsp3) is 0.292. The molecule has 6 nitrogen and oxygen atoms in total. The van der Waals surface area contributed by atoms with Gasteiger partial charge in [-0.2, -0.15) is 0 Å². The first kappa shape index (κ1) is 18.9. The third-order valence-corrected chi connectivity index (χ3v) is 6.02. The Bertz CT molecular complexity index is 1300. The summed E-state index contributed by atoms with van der Waals surface area (Å²) in [7, 11) is 0. The van der Waals surface area contributed by atoms with E-state index in [9.17, 15) is 9.90 Å². The molecule has 30 heavy (non-hydrogen) atoms. The largest absolute Gasteiger partial charge is 0.389 e. The number of pyridine rings is 1. The van der Waals surface area contributed by atoms with Crippen LogP contribution in [-0.2, 0) is 11.2 Å². The van der Waals surface area contributed by atoms with E-state index in [1.807, 2.05) is 37.3 Å². The zero-order chi connectivity index (χ0) is 20.7. The Morgan fingerprint density at radius 1 is 1.10 bits per heavy atom. The minimum atomic E-state index is -0.714. The zero-order valence-electron chi connectivity index (χ0n) is 16.8. The second kappa shape index (κ2) is 7.63. The predicted molar refractivity (Wildman–Crippen MR) is 116 cm³/mol. The van der Waals surface area contributed by atoms with Crippen LogP contribution < -0.4 is 5.56 Å². The predicted octanol–water partition coefficient (Wildman–Crippen LogP) is 3.17. The number of rotatable bonds is 3. The standard InChI is InChI=1S/C24H23N3O3/c1-15-16(5-4-9-25-15)11-17-12-20-23(19-7-3-2-6-18(17)19)26-14-27(24(20)29)21-8-10-30-13-22(21)28/h2-7,9,12,14,21-22,28H,8,10-11,13H2,1H3/t21-,22-/m0/s1. The molecule has 6 heteroatoms. The molecular formula is C24H23N3O3. The SMILES string of the molecule is Cc1ncccc1Cc1cc2c(=O)n([C@H]3CCOC[C@@H]3O)cnc2c2ccccc12. The van der Waals surface area contributed by atoms with Gasteiger partial charge in [-0.15, -0.1) is 0 Å². The molecule has 3 heterocycles. The smallest absolute Gasteiger partial charge is 0.261 e. The molecule has 1 aliphatic heterocycles. The van der Waals surface area contributed by atoms with Crippen molar-refractivity contribution >= 4 is 21.7 Å². The highest BCUT2D eigenvalue weighted by Crippen LogP contribution is 2.29. The lowest BCUT2D eigenvalue weighted by Crippen LogP contribution is -2.39. The molecule has 4 aromatic rings. The third-order valence-electron chi connectivity index (χ3n) is 6.02. The number of hydrogen-bond donors (Lipinski definition) is 1. The molecule has 1 fully saturated rings. The Hall–Kier alpha value is -3.09. The average molecular weight is 401 g/mol. The van der Waals surface area contributed by atoms with Crippen LogP contribution >= 0.6 is 0 Å². The molecule has 1 saturated heterocycles. The molecule has 5 rings (SSSR count). The molecule has 0 unspecified atom stereocenters. The molecule has 0 aliphatic carbocycles. The first-order chi connectivity index (χ1) is 14.6. The summed E-state index contributed by atoms with van der Waals surface area (Å²) in [4.78, 5) is 22.5. The van der Waals surface area contributed by atoms with Gasteiger partial charge >= 0.3 is 0 Å². The number of aliphatic hydroxyl groups excluding tert-OH is 1. The van der Waals surface area contributed by atoms with Crippen LogP contribution in [-0.4, -0.2) is 39.0 Å². The maximum absolute atomic E-state index is 13.4. The fourth-order valence-corrected chi connectivity index (χ4v) is 4.38. The number of benzene rings is 2. The van der Waals surface area contributed by atoms with Gasteiger partial charge in [-0.05, 0) is 48.4 Å². The van der Waals surface area contributed by atoms with E-state index in [0.29, 0.717) is 30.4 Å². The van der Waals surface area contributed by atoms with Crippen LogP contribution in [0.15, 0.2) is 59.8 Å². The summed E-state index contributed by atoms with van der Waals surface area (Å²) in [5.41, 5.74) is 3.75. The highest BCUT2D eigenvalue weighted by molar-refractivity contribution is 6.06. The number of hydrogen-bond acceptors (Lipinski definition) is 5. The molecule has 1 N–H and O–H groups in total. The molecule has 0 radical (unpaired) electrons. The highest BCUT2D eigenvalue weighted by atomic mass is 16.5. The van der Waals surface area contributed by atoms with E-state index < -0.39 is 6.10 Å². The van der Waals surface area contributed by atoms with Gasteiger partial charge in [-0.1, -0.05) is 30.3 Å². The van der Waals surface area contributed by atoms with Crippen molar-refractivity contribution in [1.82, 2.24) is 14.5 Å². The maximum atomic E-state index is 13.4. The average Bonchev–Trinajstić information content (AvgIpc) is 2.77. The van der Waals surface area contributed by atoms with Gasteiger partial charge in [-0.25, -0.2) is 4.98 Å². The van der Waals surface area contributed by atoms with E-state index in [1.165, 1.54) is 0 Å². The monoisotopic (exact) mass is 401 g/mol. The van der Waals surface area contributed by atoms with E-state index >= 15 is 0 Å². The summed E-state index contributed by atoms with van der Waals surface area (Å²) in [5.74, 6) is 0. The molecule has 2 atom stereocenters. The summed E-state index contributed by atoms with van der Waals surface area (Å²) in [6, 6.07) is 13.7. The zero-order valence-corrected chi connectivity index (χ0v) is 16.8. The van der Waals surface area contributed by atoms with Gasteiger partial charge < -0.3 is 9.84 Å². The van der Waals surface area contributed by atoms with Gasteiger partial charge in [0.1, 0.15) is 0 Å². The number of fused-ring (bicyclic) bond motifs is 3. The Morgan fingerprint density at radius 2 is 1.93 bits per heavy atom. The van der Waals surface area contributed by atoms with Crippen molar-refractivity contribution in [3.63, 3.8) is 0 Å². The molecule has 0 bridgehead atoms.